The number of amides is 1. The number of nitrogens with two attached hydrogens (primary N) is 1. The third-order valence-electron chi connectivity index (χ3n) is 3.30. The van der Waals surface area contributed by atoms with Crippen LogP contribution in [0.15, 0.2) is 18.2 Å². The van der Waals surface area contributed by atoms with Crippen molar-refractivity contribution in [3.63, 3.8) is 0 Å². The van der Waals surface area contributed by atoms with E-state index in [0.717, 1.165) is 5.52 Å². The van der Waals surface area contributed by atoms with E-state index in [1.54, 1.807) is 24.5 Å². The molecule has 6 heteroatoms. The lowest BCUT2D eigenvalue weighted by atomic mass is 9.92. The van der Waals surface area contributed by atoms with Crippen molar-refractivity contribution in [2.24, 2.45) is 5.41 Å². The predicted molar refractivity (Wildman–Crippen MR) is 93.1 cm³/mol. The van der Waals surface area contributed by atoms with E-state index < -0.39 is 5.60 Å². The number of hydrogen-bond acceptors (Lipinski definition) is 4. The molecule has 2 aromatic rings. The van der Waals surface area contributed by atoms with E-state index in [-0.39, 0.29) is 11.3 Å². The third kappa shape index (κ3) is 4.69. The van der Waals surface area contributed by atoms with Gasteiger partial charge in [-0.25, -0.2) is 4.98 Å². The number of fused-ring (bicyclic) bond motifs is 1. The van der Waals surface area contributed by atoms with Crippen LogP contribution < -0.4 is 11.1 Å². The normalized spacial score (nSPS) is 12.6. The van der Waals surface area contributed by atoms with Gasteiger partial charge in [-0.3, -0.25) is 4.79 Å². The third-order valence-corrected chi connectivity index (χ3v) is 3.30. The van der Waals surface area contributed by atoms with Crippen molar-refractivity contribution in [3.05, 3.63) is 18.2 Å². The molecule has 0 spiro atoms. The zero-order chi connectivity index (χ0) is 17.4. The number of rotatable bonds is 4. The van der Waals surface area contributed by atoms with Gasteiger partial charge in [0, 0.05) is 12.1 Å². The fourth-order valence-corrected chi connectivity index (χ4v) is 2.47. The number of nitrogens with zero attached hydrogens (tertiary/aromatic N) is 2. The molecular formula is C17H26N4O2. The van der Waals surface area contributed by atoms with Gasteiger partial charge in [0.2, 0.25) is 11.9 Å². The fraction of sp³-hybridized carbons (Fsp3) is 0.529. The minimum absolute atomic E-state index is 0.0271. The molecule has 0 unspecified atom stereocenters. The average Bonchev–Trinajstić information content (AvgIpc) is 2.60. The summed E-state index contributed by atoms with van der Waals surface area (Å²) in [5.41, 5.74) is 7.22. The molecule has 6 nitrogen and oxygen atoms in total. The summed E-state index contributed by atoms with van der Waals surface area (Å²) in [7, 11) is 0. The Hall–Kier alpha value is -2.08. The summed E-state index contributed by atoms with van der Waals surface area (Å²) < 4.78 is 1.77. The number of benzene rings is 1. The van der Waals surface area contributed by atoms with E-state index in [0.29, 0.717) is 30.1 Å². The van der Waals surface area contributed by atoms with Gasteiger partial charge in [0.05, 0.1) is 23.2 Å². The van der Waals surface area contributed by atoms with Crippen LogP contribution in [0.1, 0.15) is 41.0 Å². The van der Waals surface area contributed by atoms with E-state index in [9.17, 15) is 9.90 Å². The van der Waals surface area contributed by atoms with Crippen LogP contribution in [0.2, 0.25) is 0 Å². The van der Waals surface area contributed by atoms with Crippen molar-refractivity contribution < 1.29 is 9.90 Å². The first-order chi connectivity index (χ1) is 10.4. The van der Waals surface area contributed by atoms with E-state index in [1.807, 2.05) is 32.9 Å². The van der Waals surface area contributed by atoms with Gasteiger partial charge < -0.3 is 20.7 Å². The number of hydrogen-bond donors (Lipinski definition) is 3. The SMILES string of the molecule is CC(C)(C)CC(=O)Nc1ccc2c(c1)nc(N)n2CC(C)(C)O. The molecule has 23 heavy (non-hydrogen) atoms. The number of aliphatic hydroxyl groups is 1. The molecule has 1 heterocycles. The summed E-state index contributed by atoms with van der Waals surface area (Å²) in [6, 6.07) is 5.48. The van der Waals surface area contributed by atoms with Gasteiger partial charge in [0.1, 0.15) is 0 Å². The molecule has 126 valence electrons. The highest BCUT2D eigenvalue weighted by Crippen LogP contribution is 2.25. The molecule has 0 saturated heterocycles. The molecule has 0 aliphatic heterocycles. The molecule has 4 N–H and O–H groups in total. The van der Waals surface area contributed by atoms with Crippen LogP contribution in [0.5, 0.6) is 0 Å². The molecule has 1 aromatic carbocycles. The first-order valence-electron chi connectivity index (χ1n) is 7.73. The van der Waals surface area contributed by atoms with Gasteiger partial charge in [-0.05, 0) is 37.5 Å². The van der Waals surface area contributed by atoms with Crippen LogP contribution in [0.3, 0.4) is 0 Å². The summed E-state index contributed by atoms with van der Waals surface area (Å²) in [6.45, 7) is 9.86. The van der Waals surface area contributed by atoms with Gasteiger partial charge in [-0.1, -0.05) is 20.8 Å². The average molecular weight is 318 g/mol. The Morgan fingerprint density at radius 1 is 1.30 bits per heavy atom. The summed E-state index contributed by atoms with van der Waals surface area (Å²) in [5, 5.41) is 12.9. The second-order valence-electron chi connectivity index (χ2n) is 7.86. The minimum atomic E-state index is -0.888. The summed E-state index contributed by atoms with van der Waals surface area (Å²) in [5.74, 6) is 0.320. The van der Waals surface area contributed by atoms with Gasteiger partial charge in [-0.2, -0.15) is 0 Å². The highest BCUT2D eigenvalue weighted by Gasteiger charge is 2.19. The lowest BCUT2D eigenvalue weighted by Gasteiger charge is -2.19. The van der Waals surface area contributed by atoms with Gasteiger partial charge >= 0.3 is 0 Å². The number of anilines is 2. The predicted octanol–water partition coefficient (Wildman–Crippen LogP) is 2.76. The van der Waals surface area contributed by atoms with E-state index >= 15 is 0 Å². The van der Waals surface area contributed by atoms with Crippen LogP contribution in [0.4, 0.5) is 11.6 Å². The van der Waals surface area contributed by atoms with E-state index in [2.05, 4.69) is 10.3 Å². The Bertz CT molecular complexity index is 720. The molecule has 2 rings (SSSR count). The Labute approximate surface area is 136 Å². The number of carbonyl (C=O) groups excluding carboxylic acids is 1. The van der Waals surface area contributed by atoms with Gasteiger partial charge in [0.25, 0.3) is 0 Å². The molecule has 0 radical (unpaired) electrons. The maximum Gasteiger partial charge on any atom is 0.224 e. The summed E-state index contributed by atoms with van der Waals surface area (Å²) in [6.07, 6.45) is 0.445. The Morgan fingerprint density at radius 3 is 2.52 bits per heavy atom. The molecular weight excluding hydrogens is 292 g/mol. The highest BCUT2D eigenvalue weighted by atomic mass is 16.3. The Kier molecular flexibility index (Phi) is 4.39. The molecule has 0 saturated carbocycles. The molecule has 0 aliphatic carbocycles. The molecule has 1 amide bonds. The highest BCUT2D eigenvalue weighted by molar-refractivity contribution is 5.93. The Balaban J connectivity index is 2.25. The maximum atomic E-state index is 12.0. The lowest BCUT2D eigenvalue weighted by Crippen LogP contribution is -2.26. The molecule has 0 aliphatic rings. The second-order valence-corrected chi connectivity index (χ2v) is 7.86. The van der Waals surface area contributed by atoms with Crippen molar-refractivity contribution in [3.8, 4) is 0 Å². The molecule has 1 aromatic heterocycles. The Morgan fingerprint density at radius 2 is 1.96 bits per heavy atom. The van der Waals surface area contributed by atoms with E-state index in [4.69, 9.17) is 5.73 Å². The number of aromatic nitrogens is 2. The molecule has 0 bridgehead atoms. The molecule has 0 atom stereocenters. The minimum Gasteiger partial charge on any atom is -0.389 e. The van der Waals surface area contributed by atoms with Crippen LogP contribution >= 0.6 is 0 Å². The maximum absolute atomic E-state index is 12.0. The number of imidazole rings is 1. The number of nitrogen functional groups attached to an aromatic ring is 1. The first kappa shape index (κ1) is 17.3. The standard InChI is InChI=1S/C17H26N4O2/c1-16(2,3)9-14(22)19-11-6-7-13-12(8-11)20-15(18)21(13)10-17(4,5)23/h6-8,23H,9-10H2,1-5H3,(H2,18,20)(H,19,22). The lowest BCUT2D eigenvalue weighted by molar-refractivity contribution is -0.117. The van der Waals surface area contributed by atoms with Crippen LogP contribution in [0.25, 0.3) is 11.0 Å². The summed E-state index contributed by atoms with van der Waals surface area (Å²) in [4.78, 5) is 16.3. The number of carbonyl (C=O) groups is 1. The quantitative estimate of drug-likeness (QED) is 0.808. The molecule has 0 fully saturated rings. The van der Waals surface area contributed by atoms with Crippen molar-refractivity contribution in [2.45, 2.75) is 53.2 Å². The van der Waals surface area contributed by atoms with Crippen molar-refractivity contribution in [1.29, 1.82) is 0 Å². The van der Waals surface area contributed by atoms with Crippen LogP contribution in [-0.4, -0.2) is 26.2 Å². The zero-order valence-corrected chi connectivity index (χ0v) is 14.5. The monoisotopic (exact) mass is 318 g/mol. The van der Waals surface area contributed by atoms with Crippen molar-refractivity contribution >= 4 is 28.6 Å². The largest absolute Gasteiger partial charge is 0.389 e. The van der Waals surface area contributed by atoms with E-state index in [1.165, 1.54) is 0 Å². The smallest absolute Gasteiger partial charge is 0.224 e. The number of nitrogens with one attached hydrogen (secondary N) is 1. The second kappa shape index (κ2) is 5.85. The van der Waals surface area contributed by atoms with Crippen LogP contribution in [-0.2, 0) is 11.3 Å². The van der Waals surface area contributed by atoms with Gasteiger partial charge in [0.15, 0.2) is 0 Å². The van der Waals surface area contributed by atoms with Crippen molar-refractivity contribution in [1.82, 2.24) is 9.55 Å². The summed E-state index contributed by atoms with van der Waals surface area (Å²) >= 11 is 0. The topological polar surface area (TPSA) is 93.2 Å². The van der Waals surface area contributed by atoms with Gasteiger partial charge in [-0.15, -0.1) is 0 Å². The van der Waals surface area contributed by atoms with Crippen LogP contribution in [0, 0.1) is 5.41 Å². The zero-order valence-electron chi connectivity index (χ0n) is 14.5. The fourth-order valence-electron chi connectivity index (χ4n) is 2.47. The van der Waals surface area contributed by atoms with Crippen molar-refractivity contribution in [2.75, 3.05) is 11.1 Å². The first-order valence-corrected chi connectivity index (χ1v) is 7.73.